The zero-order valence-corrected chi connectivity index (χ0v) is 10.6. The van der Waals surface area contributed by atoms with Crippen molar-refractivity contribution < 1.29 is 4.42 Å². The van der Waals surface area contributed by atoms with Gasteiger partial charge in [0.15, 0.2) is 0 Å². The monoisotopic (exact) mass is 288 g/mol. The van der Waals surface area contributed by atoms with Crippen LogP contribution in [0.3, 0.4) is 0 Å². The van der Waals surface area contributed by atoms with Gasteiger partial charge < -0.3 is 4.42 Å². The van der Waals surface area contributed by atoms with Crippen molar-refractivity contribution >= 4 is 39.0 Å². The molecular weight excluding hydrogens is 280 g/mol. The lowest BCUT2D eigenvalue weighted by Crippen LogP contribution is -1.78. The maximum atomic E-state index is 5.25. The van der Waals surface area contributed by atoms with Crippen molar-refractivity contribution in [3.8, 4) is 0 Å². The third-order valence-electron chi connectivity index (χ3n) is 1.75. The van der Waals surface area contributed by atoms with Gasteiger partial charge in [-0.15, -0.1) is 23.1 Å². The average Bonchev–Trinajstić information content (AvgIpc) is 2.78. The van der Waals surface area contributed by atoms with E-state index >= 15 is 0 Å². The van der Waals surface area contributed by atoms with Crippen LogP contribution in [0.15, 0.2) is 38.7 Å². The first kappa shape index (κ1) is 10.3. The SMILES string of the molecule is Brc1ccsc1CSCc1ccco1. The van der Waals surface area contributed by atoms with Gasteiger partial charge >= 0.3 is 0 Å². The first-order valence-corrected chi connectivity index (χ1v) is 7.01. The zero-order valence-electron chi connectivity index (χ0n) is 7.40. The molecule has 0 aliphatic carbocycles. The summed E-state index contributed by atoms with van der Waals surface area (Å²) in [6.07, 6.45) is 1.72. The third kappa shape index (κ3) is 2.65. The van der Waals surface area contributed by atoms with E-state index in [4.69, 9.17) is 4.42 Å². The molecule has 2 rings (SSSR count). The predicted octanol–water partition coefficient (Wildman–Crippen LogP) is 4.54. The lowest BCUT2D eigenvalue weighted by Gasteiger charge is -1.97. The van der Waals surface area contributed by atoms with E-state index in [1.807, 2.05) is 23.9 Å². The van der Waals surface area contributed by atoms with Crippen molar-refractivity contribution in [2.45, 2.75) is 11.5 Å². The highest BCUT2D eigenvalue weighted by molar-refractivity contribution is 9.10. The second kappa shape index (κ2) is 5.05. The predicted molar refractivity (Wildman–Crippen MR) is 65.7 cm³/mol. The Hall–Kier alpha value is -0.190. The molecule has 0 spiro atoms. The van der Waals surface area contributed by atoms with Gasteiger partial charge in [-0.05, 0) is 39.5 Å². The molecule has 4 heteroatoms. The lowest BCUT2D eigenvalue weighted by molar-refractivity contribution is 0.530. The van der Waals surface area contributed by atoms with Gasteiger partial charge in [0, 0.05) is 15.1 Å². The molecule has 0 saturated heterocycles. The first-order chi connectivity index (χ1) is 6.86. The summed E-state index contributed by atoms with van der Waals surface area (Å²) in [5.74, 6) is 3.03. The van der Waals surface area contributed by atoms with Crippen LogP contribution < -0.4 is 0 Å². The van der Waals surface area contributed by atoms with Gasteiger partial charge in [-0.1, -0.05) is 0 Å². The fraction of sp³-hybridized carbons (Fsp3) is 0.200. The Kier molecular flexibility index (Phi) is 3.73. The van der Waals surface area contributed by atoms with Crippen molar-refractivity contribution in [1.29, 1.82) is 0 Å². The highest BCUT2D eigenvalue weighted by Gasteiger charge is 2.02. The van der Waals surface area contributed by atoms with Crippen LogP contribution >= 0.6 is 39.0 Å². The van der Waals surface area contributed by atoms with Crippen LogP contribution in [0.4, 0.5) is 0 Å². The van der Waals surface area contributed by atoms with Crippen LogP contribution in [0.25, 0.3) is 0 Å². The summed E-state index contributed by atoms with van der Waals surface area (Å²) in [7, 11) is 0. The van der Waals surface area contributed by atoms with Crippen LogP contribution in [0, 0.1) is 0 Å². The lowest BCUT2D eigenvalue weighted by atomic mass is 10.5. The van der Waals surface area contributed by atoms with Crippen molar-refractivity contribution in [3.63, 3.8) is 0 Å². The van der Waals surface area contributed by atoms with E-state index < -0.39 is 0 Å². The molecule has 0 aliphatic heterocycles. The molecule has 74 valence electrons. The van der Waals surface area contributed by atoms with E-state index in [0.29, 0.717) is 0 Å². The van der Waals surface area contributed by atoms with Gasteiger partial charge in [0.25, 0.3) is 0 Å². The molecule has 1 nitrogen and oxygen atoms in total. The number of rotatable bonds is 4. The maximum Gasteiger partial charge on any atom is 0.113 e. The highest BCUT2D eigenvalue weighted by atomic mass is 79.9. The van der Waals surface area contributed by atoms with Crippen LogP contribution in [-0.2, 0) is 11.5 Å². The maximum absolute atomic E-state index is 5.25. The smallest absolute Gasteiger partial charge is 0.113 e. The Morgan fingerprint density at radius 2 is 2.29 bits per heavy atom. The Balaban J connectivity index is 1.81. The second-order valence-electron chi connectivity index (χ2n) is 2.76. The van der Waals surface area contributed by atoms with E-state index in [9.17, 15) is 0 Å². The number of thioether (sulfide) groups is 1. The van der Waals surface area contributed by atoms with E-state index in [0.717, 1.165) is 17.3 Å². The average molecular weight is 289 g/mol. The summed E-state index contributed by atoms with van der Waals surface area (Å²) in [6.45, 7) is 0. The standard InChI is InChI=1S/C10H9BrOS2/c11-9-3-5-14-10(9)7-13-6-8-2-1-4-12-8/h1-5H,6-7H2. The normalized spacial score (nSPS) is 10.6. The molecule has 0 aliphatic rings. The molecule has 0 saturated carbocycles. The van der Waals surface area contributed by atoms with Gasteiger partial charge in [0.05, 0.1) is 12.0 Å². The van der Waals surface area contributed by atoms with E-state index in [2.05, 4.69) is 27.4 Å². The third-order valence-corrected chi connectivity index (χ3v) is 4.84. The largest absolute Gasteiger partial charge is 0.468 e. The minimum atomic E-state index is 0.942. The molecule has 14 heavy (non-hydrogen) atoms. The number of halogens is 1. The number of hydrogen-bond acceptors (Lipinski definition) is 3. The summed E-state index contributed by atoms with van der Waals surface area (Å²) in [5, 5.41) is 2.10. The first-order valence-electron chi connectivity index (χ1n) is 4.18. The van der Waals surface area contributed by atoms with E-state index in [1.165, 1.54) is 9.35 Å². The summed E-state index contributed by atoms with van der Waals surface area (Å²) in [6, 6.07) is 6.03. The topological polar surface area (TPSA) is 13.1 Å². The van der Waals surface area contributed by atoms with Crippen LogP contribution in [0.1, 0.15) is 10.6 Å². The van der Waals surface area contributed by atoms with Gasteiger partial charge in [0.2, 0.25) is 0 Å². The summed E-state index contributed by atoms with van der Waals surface area (Å²) >= 11 is 7.18. The van der Waals surface area contributed by atoms with Gasteiger partial charge in [-0.3, -0.25) is 0 Å². The molecule has 2 aromatic rings. The summed E-state index contributed by atoms with van der Waals surface area (Å²) in [5.41, 5.74) is 0. The van der Waals surface area contributed by atoms with Crippen molar-refractivity contribution in [3.05, 3.63) is 45.0 Å². The van der Waals surface area contributed by atoms with Crippen LogP contribution in [-0.4, -0.2) is 0 Å². The number of thiophene rings is 1. The van der Waals surface area contributed by atoms with Crippen molar-refractivity contribution in [2.24, 2.45) is 0 Å². The number of hydrogen-bond donors (Lipinski definition) is 0. The van der Waals surface area contributed by atoms with Crippen molar-refractivity contribution in [1.82, 2.24) is 0 Å². The van der Waals surface area contributed by atoms with Crippen LogP contribution in [0.5, 0.6) is 0 Å². The second-order valence-corrected chi connectivity index (χ2v) is 5.60. The minimum Gasteiger partial charge on any atom is -0.468 e. The Labute approximate surface area is 99.6 Å². The van der Waals surface area contributed by atoms with Crippen LogP contribution in [0.2, 0.25) is 0 Å². The fourth-order valence-electron chi connectivity index (χ4n) is 1.07. The molecule has 0 atom stereocenters. The van der Waals surface area contributed by atoms with Gasteiger partial charge in [0.1, 0.15) is 5.76 Å². The molecule has 2 aromatic heterocycles. The highest BCUT2D eigenvalue weighted by Crippen LogP contribution is 2.28. The quantitative estimate of drug-likeness (QED) is 0.820. The van der Waals surface area contributed by atoms with Gasteiger partial charge in [-0.25, -0.2) is 0 Å². The minimum absolute atomic E-state index is 0.942. The molecule has 2 heterocycles. The zero-order chi connectivity index (χ0) is 9.80. The van der Waals surface area contributed by atoms with E-state index in [1.54, 1.807) is 17.6 Å². The summed E-state index contributed by atoms with van der Waals surface area (Å²) in [4.78, 5) is 1.39. The molecule has 0 N–H and O–H groups in total. The van der Waals surface area contributed by atoms with Crippen molar-refractivity contribution in [2.75, 3.05) is 0 Å². The molecule has 0 unspecified atom stereocenters. The molecule has 0 fully saturated rings. The summed E-state index contributed by atoms with van der Waals surface area (Å²) < 4.78 is 6.47. The fourth-order valence-corrected chi connectivity index (χ4v) is 3.86. The molecule has 0 bridgehead atoms. The molecule has 0 amide bonds. The molecule has 0 radical (unpaired) electrons. The molecular formula is C10H9BrOS2. The van der Waals surface area contributed by atoms with Gasteiger partial charge in [-0.2, -0.15) is 0 Å². The van der Waals surface area contributed by atoms with E-state index in [-0.39, 0.29) is 0 Å². The number of furan rings is 1. The molecule has 0 aromatic carbocycles. The Bertz CT molecular complexity index is 380. The Morgan fingerprint density at radius 3 is 2.93 bits per heavy atom. The Morgan fingerprint density at radius 1 is 1.36 bits per heavy atom.